The molecule has 2 heterocycles. The largest absolute Gasteiger partial charge is 0.490 e. The van der Waals surface area contributed by atoms with E-state index >= 15 is 0 Å². The van der Waals surface area contributed by atoms with Crippen LogP contribution < -0.4 is 14.4 Å². The molecule has 244 valence electrons. The fourth-order valence-electron chi connectivity index (χ4n) is 7.95. The standard InChI is InChI=1S/C36H47ClN2O5S/c1-4-34-24(2)7-5-9-32(43-18-17-42-3)29-13-10-27(29)21-39-22-36(16-6-8-25-19-28(37)12-14-30(25)36)23-44-33-15-11-26(20-31(33)39)35(40)38-45(34)41/h5,9,11-12,14-15,19-20,24,27,29,32,34H,4,6-8,10,13,16-18,21-23H2,1-3H3,(H,38,40)/b9-5+/t24?,27?,29?,32?,34-,36?,45?/m1/s1. The normalized spacial score (nSPS) is 32.4. The Balaban J connectivity index is 1.40. The van der Waals surface area contributed by atoms with E-state index in [-0.39, 0.29) is 28.6 Å². The number of ether oxygens (including phenoxy) is 3. The molecule has 1 N–H and O–H groups in total. The Labute approximate surface area is 275 Å². The molecular weight excluding hydrogens is 608 g/mol. The van der Waals surface area contributed by atoms with Gasteiger partial charge in [-0.15, -0.1) is 0 Å². The lowest BCUT2D eigenvalue weighted by Crippen LogP contribution is -2.49. The van der Waals surface area contributed by atoms with Gasteiger partial charge in [-0.25, -0.2) is 4.21 Å². The quantitative estimate of drug-likeness (QED) is 0.288. The number of aryl methyl sites for hydroxylation is 1. The molecule has 2 bridgehead atoms. The number of rotatable bonds is 5. The highest BCUT2D eigenvalue weighted by atomic mass is 35.5. The van der Waals surface area contributed by atoms with Gasteiger partial charge in [0.1, 0.15) is 16.7 Å². The molecule has 7 atom stereocenters. The molecule has 6 rings (SSSR count). The van der Waals surface area contributed by atoms with Gasteiger partial charge in [0.2, 0.25) is 0 Å². The first kappa shape index (κ1) is 32.5. The number of halogens is 1. The van der Waals surface area contributed by atoms with Crippen LogP contribution in [0.5, 0.6) is 5.75 Å². The highest BCUT2D eigenvalue weighted by molar-refractivity contribution is 7.84. The topological polar surface area (TPSA) is 77.1 Å². The van der Waals surface area contributed by atoms with E-state index in [0.29, 0.717) is 43.6 Å². The number of fused-ring (bicyclic) bond motifs is 4. The average Bonchev–Trinajstić information content (AvgIpc) is 3.16. The van der Waals surface area contributed by atoms with Gasteiger partial charge in [0.25, 0.3) is 5.91 Å². The number of nitrogens with zero attached hydrogens (tertiary/aromatic N) is 1. The summed E-state index contributed by atoms with van der Waals surface area (Å²) in [6.45, 7) is 7.45. The Morgan fingerprint density at radius 3 is 2.82 bits per heavy atom. The van der Waals surface area contributed by atoms with Gasteiger partial charge in [-0.05, 0) is 104 Å². The van der Waals surface area contributed by atoms with Crippen molar-refractivity contribution in [1.29, 1.82) is 0 Å². The van der Waals surface area contributed by atoms with Gasteiger partial charge >= 0.3 is 0 Å². The van der Waals surface area contributed by atoms with E-state index in [4.69, 9.17) is 25.8 Å². The minimum absolute atomic E-state index is 0.00942. The average molecular weight is 655 g/mol. The van der Waals surface area contributed by atoms with E-state index in [2.05, 4.69) is 40.8 Å². The van der Waals surface area contributed by atoms with Crippen molar-refractivity contribution in [2.24, 2.45) is 17.8 Å². The number of amides is 1. The maximum Gasteiger partial charge on any atom is 0.263 e. The van der Waals surface area contributed by atoms with Crippen molar-refractivity contribution in [3.8, 4) is 5.75 Å². The first-order chi connectivity index (χ1) is 21.8. The van der Waals surface area contributed by atoms with Crippen molar-refractivity contribution in [2.45, 2.75) is 75.6 Å². The molecule has 45 heavy (non-hydrogen) atoms. The third kappa shape index (κ3) is 6.85. The van der Waals surface area contributed by atoms with E-state index < -0.39 is 11.0 Å². The lowest BCUT2D eigenvalue weighted by molar-refractivity contribution is -0.0309. The van der Waals surface area contributed by atoms with Gasteiger partial charge in [-0.2, -0.15) is 0 Å². The molecular formula is C36H47ClN2O5S. The number of carbonyl (C=O) groups is 1. The molecule has 2 aliphatic heterocycles. The fourth-order valence-corrected chi connectivity index (χ4v) is 9.43. The van der Waals surface area contributed by atoms with E-state index in [1.165, 1.54) is 11.1 Å². The molecule has 1 spiro atoms. The van der Waals surface area contributed by atoms with Crippen LogP contribution in [0.4, 0.5) is 5.69 Å². The predicted octanol–water partition coefficient (Wildman–Crippen LogP) is 6.64. The van der Waals surface area contributed by atoms with E-state index in [0.717, 1.165) is 68.1 Å². The zero-order valence-electron chi connectivity index (χ0n) is 26.8. The van der Waals surface area contributed by atoms with Crippen molar-refractivity contribution in [3.05, 3.63) is 70.3 Å². The highest BCUT2D eigenvalue weighted by Gasteiger charge is 2.44. The van der Waals surface area contributed by atoms with Crippen LogP contribution in [0.2, 0.25) is 5.02 Å². The zero-order valence-corrected chi connectivity index (χ0v) is 28.3. The molecule has 1 saturated carbocycles. The zero-order chi connectivity index (χ0) is 31.6. The molecule has 6 unspecified atom stereocenters. The second-order valence-electron chi connectivity index (χ2n) is 13.4. The van der Waals surface area contributed by atoms with Crippen LogP contribution in [-0.4, -0.2) is 61.5 Å². The van der Waals surface area contributed by atoms with Crippen LogP contribution in [0, 0.1) is 17.8 Å². The van der Waals surface area contributed by atoms with Crippen LogP contribution in [-0.2, 0) is 32.3 Å². The molecule has 4 aliphatic rings. The minimum atomic E-state index is -1.51. The summed E-state index contributed by atoms with van der Waals surface area (Å²) < 4.78 is 34.7. The van der Waals surface area contributed by atoms with Crippen molar-refractivity contribution in [3.63, 3.8) is 0 Å². The number of carbonyl (C=O) groups excluding carboxylic acids is 1. The molecule has 0 aromatic heterocycles. The van der Waals surface area contributed by atoms with Crippen LogP contribution in [0.1, 0.15) is 73.9 Å². The number of anilines is 1. The molecule has 7 nitrogen and oxygen atoms in total. The van der Waals surface area contributed by atoms with Crippen molar-refractivity contribution < 1.29 is 23.2 Å². The second-order valence-corrected chi connectivity index (χ2v) is 15.3. The van der Waals surface area contributed by atoms with Crippen molar-refractivity contribution >= 4 is 34.2 Å². The van der Waals surface area contributed by atoms with Crippen LogP contribution in [0.25, 0.3) is 0 Å². The molecule has 0 radical (unpaired) electrons. The van der Waals surface area contributed by atoms with Gasteiger partial charge in [-0.1, -0.05) is 43.7 Å². The van der Waals surface area contributed by atoms with E-state index in [1.807, 2.05) is 25.1 Å². The van der Waals surface area contributed by atoms with Gasteiger partial charge in [0.15, 0.2) is 0 Å². The van der Waals surface area contributed by atoms with Crippen LogP contribution in [0.3, 0.4) is 0 Å². The molecule has 1 fully saturated rings. The molecule has 2 aliphatic carbocycles. The smallest absolute Gasteiger partial charge is 0.263 e. The minimum Gasteiger partial charge on any atom is -0.490 e. The molecule has 2 aromatic carbocycles. The Hall–Kier alpha value is -2.39. The number of benzene rings is 2. The van der Waals surface area contributed by atoms with E-state index in [9.17, 15) is 9.00 Å². The summed E-state index contributed by atoms with van der Waals surface area (Å²) in [5.41, 5.74) is 3.86. The lowest BCUT2D eigenvalue weighted by atomic mass is 9.68. The lowest BCUT2D eigenvalue weighted by Gasteiger charge is -2.46. The first-order valence-corrected chi connectivity index (χ1v) is 18.2. The number of hydrogen-bond acceptors (Lipinski definition) is 6. The summed E-state index contributed by atoms with van der Waals surface area (Å²) >= 11 is 6.45. The Morgan fingerprint density at radius 2 is 2.04 bits per heavy atom. The van der Waals surface area contributed by atoms with Gasteiger partial charge in [0, 0.05) is 36.2 Å². The van der Waals surface area contributed by atoms with Crippen LogP contribution in [0.15, 0.2) is 48.6 Å². The third-order valence-electron chi connectivity index (χ3n) is 10.6. The van der Waals surface area contributed by atoms with Gasteiger partial charge < -0.3 is 19.1 Å². The predicted molar refractivity (Wildman–Crippen MR) is 181 cm³/mol. The number of hydrogen-bond donors (Lipinski definition) is 1. The SMILES string of the molecule is CC[C@@H]1C(C)C/C=C/C(OCCOC)C2CCC2CN2CC3(CCCc4cc(Cl)ccc43)COc3ccc(cc32)C(=O)NS1=O. The summed E-state index contributed by atoms with van der Waals surface area (Å²) in [6.07, 6.45) is 11.2. The summed E-state index contributed by atoms with van der Waals surface area (Å²) in [4.78, 5) is 16.0. The maximum atomic E-state index is 13.5. The Kier molecular flexibility index (Phi) is 10.2. The Bertz CT molecular complexity index is 1430. The summed E-state index contributed by atoms with van der Waals surface area (Å²) in [7, 11) is 0.190. The number of methoxy groups -OCH3 is 1. The monoisotopic (exact) mass is 654 g/mol. The summed E-state index contributed by atoms with van der Waals surface area (Å²) in [5, 5.41) is 0.613. The molecule has 0 saturated heterocycles. The second kappa shape index (κ2) is 14.2. The maximum absolute atomic E-state index is 13.5. The highest BCUT2D eigenvalue weighted by Crippen LogP contribution is 2.47. The van der Waals surface area contributed by atoms with Gasteiger partial charge in [0.05, 0.1) is 36.9 Å². The Morgan fingerprint density at radius 1 is 1.18 bits per heavy atom. The van der Waals surface area contributed by atoms with Crippen LogP contribution >= 0.6 is 11.6 Å². The fraction of sp³-hybridized carbons (Fsp3) is 0.583. The molecule has 1 amide bonds. The molecule has 9 heteroatoms. The van der Waals surface area contributed by atoms with Crippen molar-refractivity contribution in [2.75, 3.05) is 44.9 Å². The van der Waals surface area contributed by atoms with Gasteiger partial charge in [-0.3, -0.25) is 9.52 Å². The van der Waals surface area contributed by atoms with Crippen molar-refractivity contribution in [1.82, 2.24) is 4.72 Å². The number of nitrogens with one attached hydrogen (secondary N) is 1. The third-order valence-corrected chi connectivity index (χ3v) is 12.6. The number of allylic oxidation sites excluding steroid dienone is 1. The summed E-state index contributed by atoms with van der Waals surface area (Å²) in [5.74, 6) is 1.42. The first-order valence-electron chi connectivity index (χ1n) is 16.6. The van der Waals surface area contributed by atoms with E-state index in [1.54, 1.807) is 13.2 Å². The molecule has 2 aromatic rings. The summed E-state index contributed by atoms with van der Waals surface area (Å²) in [6, 6.07) is 12.0.